The highest BCUT2D eigenvalue weighted by molar-refractivity contribution is 7.78. The van der Waals surface area contributed by atoms with Crippen LogP contribution < -0.4 is 4.72 Å². The molecule has 1 aliphatic carbocycles. The highest BCUT2D eigenvalue weighted by Crippen LogP contribution is 2.31. The molecule has 96 valence electrons. The number of nitrogens with zero attached hydrogens (tertiary/aromatic N) is 2. The summed E-state index contributed by atoms with van der Waals surface area (Å²) in [6, 6.07) is 0. The lowest BCUT2D eigenvalue weighted by Gasteiger charge is -2.20. The SMILES string of the molecule is O=C(NS)C1=C(O)CCn2c1nc1c2CCCC1. The second kappa shape index (κ2) is 4.35. The number of aliphatic hydroxyl groups excluding tert-OH is 1. The van der Waals surface area contributed by atoms with E-state index in [1.165, 1.54) is 12.1 Å². The van der Waals surface area contributed by atoms with Crippen molar-refractivity contribution in [2.24, 2.45) is 0 Å². The Kier molecular flexibility index (Phi) is 2.81. The molecule has 0 atom stereocenters. The Bertz CT molecular complexity index is 548. The maximum Gasteiger partial charge on any atom is 0.268 e. The number of aliphatic hydroxyl groups is 1. The van der Waals surface area contributed by atoms with Crippen molar-refractivity contribution in [1.82, 2.24) is 14.3 Å². The summed E-state index contributed by atoms with van der Waals surface area (Å²) < 4.78 is 4.35. The van der Waals surface area contributed by atoms with Crippen LogP contribution in [0.2, 0.25) is 0 Å². The second-order valence-electron chi connectivity index (χ2n) is 4.70. The number of amides is 1. The monoisotopic (exact) mass is 265 g/mol. The Morgan fingerprint density at radius 2 is 2.11 bits per heavy atom. The molecule has 1 aromatic rings. The summed E-state index contributed by atoms with van der Waals surface area (Å²) in [7, 11) is 0. The molecule has 0 fully saturated rings. The number of hydrogen-bond acceptors (Lipinski definition) is 4. The van der Waals surface area contributed by atoms with Gasteiger partial charge in [-0.1, -0.05) is 12.8 Å². The van der Waals surface area contributed by atoms with Crippen LogP contribution in [0.4, 0.5) is 0 Å². The quantitative estimate of drug-likeness (QED) is 0.672. The summed E-state index contributed by atoms with van der Waals surface area (Å²) in [5, 5.41) is 9.91. The van der Waals surface area contributed by atoms with E-state index in [9.17, 15) is 9.90 Å². The van der Waals surface area contributed by atoms with Gasteiger partial charge in [-0.15, -0.1) is 0 Å². The van der Waals surface area contributed by atoms with Crippen molar-refractivity contribution < 1.29 is 9.90 Å². The van der Waals surface area contributed by atoms with E-state index in [4.69, 9.17) is 0 Å². The molecule has 0 saturated carbocycles. The van der Waals surface area contributed by atoms with Crippen LogP contribution in [0, 0.1) is 0 Å². The van der Waals surface area contributed by atoms with Crippen molar-refractivity contribution in [2.75, 3.05) is 0 Å². The first-order valence-electron chi connectivity index (χ1n) is 6.17. The fraction of sp³-hybridized carbons (Fsp3) is 0.500. The van der Waals surface area contributed by atoms with Crippen LogP contribution >= 0.6 is 12.8 Å². The zero-order valence-electron chi connectivity index (χ0n) is 9.94. The molecule has 1 amide bonds. The molecular weight excluding hydrogens is 250 g/mol. The third-order valence-corrected chi connectivity index (χ3v) is 3.85. The zero-order valence-corrected chi connectivity index (χ0v) is 10.8. The molecule has 1 aromatic heterocycles. The smallest absolute Gasteiger partial charge is 0.268 e. The Hall–Kier alpha value is -1.43. The van der Waals surface area contributed by atoms with Gasteiger partial charge in [-0.2, -0.15) is 0 Å². The van der Waals surface area contributed by atoms with Crippen LogP contribution in [-0.4, -0.2) is 20.6 Å². The van der Waals surface area contributed by atoms with E-state index in [1.807, 2.05) is 0 Å². The van der Waals surface area contributed by atoms with Crippen molar-refractivity contribution >= 4 is 24.3 Å². The van der Waals surface area contributed by atoms with Gasteiger partial charge < -0.3 is 9.67 Å². The number of imidazole rings is 1. The highest BCUT2D eigenvalue weighted by Gasteiger charge is 2.30. The first kappa shape index (κ1) is 11.6. The van der Waals surface area contributed by atoms with Crippen molar-refractivity contribution in [3.63, 3.8) is 0 Å². The molecule has 2 heterocycles. The number of allylic oxidation sites excluding steroid dienone is 1. The Morgan fingerprint density at radius 3 is 2.89 bits per heavy atom. The van der Waals surface area contributed by atoms with Gasteiger partial charge >= 0.3 is 0 Å². The molecule has 5 nitrogen and oxygen atoms in total. The lowest BCUT2D eigenvalue weighted by Crippen LogP contribution is -2.23. The maximum absolute atomic E-state index is 11.8. The molecule has 2 aliphatic rings. The molecular formula is C12H15N3O2S. The topological polar surface area (TPSA) is 67.2 Å². The van der Waals surface area contributed by atoms with E-state index in [0.29, 0.717) is 18.8 Å². The molecule has 2 N–H and O–H groups in total. The number of hydrogen-bond donors (Lipinski definition) is 3. The maximum atomic E-state index is 11.8. The molecule has 18 heavy (non-hydrogen) atoms. The Balaban J connectivity index is 2.14. The number of nitrogens with one attached hydrogen (secondary N) is 1. The second-order valence-corrected chi connectivity index (χ2v) is 4.92. The van der Waals surface area contributed by atoms with Crippen molar-refractivity contribution in [3.8, 4) is 0 Å². The van der Waals surface area contributed by atoms with Crippen molar-refractivity contribution in [1.29, 1.82) is 0 Å². The van der Waals surface area contributed by atoms with E-state index in [1.54, 1.807) is 0 Å². The largest absolute Gasteiger partial charge is 0.511 e. The number of aromatic nitrogens is 2. The zero-order chi connectivity index (χ0) is 12.7. The third-order valence-electron chi connectivity index (χ3n) is 3.65. The number of carbonyl (C=O) groups excluding carboxylic acids is 1. The van der Waals surface area contributed by atoms with E-state index < -0.39 is 0 Å². The average Bonchev–Trinajstić information content (AvgIpc) is 2.76. The minimum absolute atomic E-state index is 0.108. The number of fused-ring (bicyclic) bond motifs is 3. The van der Waals surface area contributed by atoms with Gasteiger partial charge in [0, 0.05) is 18.7 Å². The van der Waals surface area contributed by atoms with E-state index in [2.05, 4.69) is 27.1 Å². The molecule has 0 unspecified atom stereocenters. The van der Waals surface area contributed by atoms with Gasteiger partial charge in [-0.05, 0) is 25.7 Å². The number of thiol groups is 1. The van der Waals surface area contributed by atoms with Crippen LogP contribution in [0.25, 0.3) is 5.57 Å². The average molecular weight is 265 g/mol. The lowest BCUT2D eigenvalue weighted by atomic mass is 10.0. The van der Waals surface area contributed by atoms with Gasteiger partial charge in [0.2, 0.25) is 0 Å². The van der Waals surface area contributed by atoms with Gasteiger partial charge in [0.05, 0.1) is 5.69 Å². The molecule has 0 spiro atoms. The molecule has 6 heteroatoms. The summed E-state index contributed by atoms with van der Waals surface area (Å²) in [5.41, 5.74) is 2.58. The molecule has 0 bridgehead atoms. The summed E-state index contributed by atoms with van der Waals surface area (Å²) in [4.78, 5) is 16.3. The number of rotatable bonds is 1. The van der Waals surface area contributed by atoms with Gasteiger partial charge in [0.1, 0.15) is 17.2 Å². The predicted octanol–water partition coefficient (Wildman–Crippen LogP) is 1.40. The predicted molar refractivity (Wildman–Crippen MR) is 70.2 cm³/mol. The molecule has 0 saturated heterocycles. The number of carbonyl (C=O) groups is 1. The van der Waals surface area contributed by atoms with Gasteiger partial charge in [-0.3, -0.25) is 9.52 Å². The minimum atomic E-state index is -0.390. The molecule has 1 aliphatic heterocycles. The Morgan fingerprint density at radius 1 is 1.33 bits per heavy atom. The summed E-state index contributed by atoms with van der Waals surface area (Å²) in [6.45, 7) is 0.701. The normalized spacial score (nSPS) is 18.3. The van der Waals surface area contributed by atoms with Crippen molar-refractivity contribution in [2.45, 2.75) is 38.6 Å². The molecule has 0 aromatic carbocycles. The van der Waals surface area contributed by atoms with Crippen LogP contribution in [0.3, 0.4) is 0 Å². The van der Waals surface area contributed by atoms with E-state index in [0.717, 1.165) is 25.0 Å². The first-order chi connectivity index (χ1) is 8.72. The molecule has 0 radical (unpaired) electrons. The van der Waals surface area contributed by atoms with Crippen LogP contribution in [0.15, 0.2) is 5.76 Å². The Labute approximate surface area is 110 Å². The fourth-order valence-corrected chi connectivity index (χ4v) is 2.90. The standard InChI is InChI=1S/C12H15N3O2S/c16-9-5-6-15-8-4-2-1-3-7(8)13-11(15)10(9)12(17)14-18/h16,18H,1-6H2,(H,14,17). The van der Waals surface area contributed by atoms with Crippen LogP contribution in [0.5, 0.6) is 0 Å². The summed E-state index contributed by atoms with van der Waals surface area (Å²) in [5.74, 6) is 0.313. The summed E-state index contributed by atoms with van der Waals surface area (Å²) in [6.07, 6.45) is 4.77. The third kappa shape index (κ3) is 1.63. The van der Waals surface area contributed by atoms with Crippen LogP contribution in [-0.2, 0) is 24.2 Å². The van der Waals surface area contributed by atoms with Gasteiger partial charge in [0.15, 0.2) is 0 Å². The van der Waals surface area contributed by atoms with E-state index >= 15 is 0 Å². The first-order valence-corrected chi connectivity index (χ1v) is 6.62. The van der Waals surface area contributed by atoms with Crippen LogP contribution in [0.1, 0.15) is 36.5 Å². The van der Waals surface area contributed by atoms with E-state index in [-0.39, 0.29) is 17.2 Å². The molecule has 3 rings (SSSR count). The van der Waals surface area contributed by atoms with Crippen molar-refractivity contribution in [3.05, 3.63) is 23.0 Å². The van der Waals surface area contributed by atoms with Gasteiger partial charge in [-0.25, -0.2) is 4.98 Å². The van der Waals surface area contributed by atoms with Gasteiger partial charge in [0.25, 0.3) is 5.91 Å². The summed E-state index contributed by atoms with van der Waals surface area (Å²) >= 11 is 3.77. The fourth-order valence-electron chi connectivity index (χ4n) is 2.79. The number of aryl methyl sites for hydroxylation is 1. The lowest BCUT2D eigenvalue weighted by molar-refractivity contribution is -0.114. The minimum Gasteiger partial charge on any atom is -0.511 e. The highest BCUT2D eigenvalue weighted by atomic mass is 32.1.